The van der Waals surface area contributed by atoms with Gasteiger partial charge in [0.05, 0.1) is 6.54 Å². The van der Waals surface area contributed by atoms with E-state index in [1.54, 1.807) is 13.0 Å². The number of hydrogen-bond acceptors (Lipinski definition) is 2. The van der Waals surface area contributed by atoms with Gasteiger partial charge in [0, 0.05) is 18.7 Å². The van der Waals surface area contributed by atoms with E-state index >= 15 is 0 Å². The van der Waals surface area contributed by atoms with E-state index in [0.29, 0.717) is 18.7 Å². The summed E-state index contributed by atoms with van der Waals surface area (Å²) in [6.45, 7) is 2.66. The lowest BCUT2D eigenvalue weighted by Crippen LogP contribution is -2.50. The van der Waals surface area contributed by atoms with Crippen LogP contribution in [0.15, 0.2) is 18.2 Å². The minimum Gasteiger partial charge on any atom is -0.353 e. The predicted octanol–water partition coefficient (Wildman–Crippen LogP) is 0.706. The molecule has 0 atom stereocenters. The normalized spacial score (nSPS) is 15.6. The monoisotopic (exact) mass is 236 g/mol. The van der Waals surface area contributed by atoms with Gasteiger partial charge in [0.25, 0.3) is 5.91 Å². The third-order valence-electron chi connectivity index (χ3n) is 2.61. The average molecular weight is 236 g/mol. The van der Waals surface area contributed by atoms with Gasteiger partial charge in [-0.25, -0.2) is 4.39 Å². The number of halogens is 1. The van der Waals surface area contributed by atoms with Crippen molar-refractivity contribution in [3.8, 4) is 0 Å². The number of amides is 2. The highest BCUT2D eigenvalue weighted by Crippen LogP contribution is 2.11. The number of nitrogens with zero attached hydrogens (tertiary/aromatic N) is 1. The number of nitrogens with one attached hydrogen (secondary N) is 1. The number of aryl methyl sites for hydroxylation is 1. The molecule has 0 radical (unpaired) electrons. The molecule has 1 heterocycles. The van der Waals surface area contributed by atoms with Crippen molar-refractivity contribution in [3.05, 3.63) is 35.1 Å². The highest BCUT2D eigenvalue weighted by Gasteiger charge is 2.22. The molecular weight excluding hydrogens is 223 g/mol. The molecule has 1 aromatic rings. The third-order valence-corrected chi connectivity index (χ3v) is 2.61. The Morgan fingerprint density at radius 2 is 2.18 bits per heavy atom. The third kappa shape index (κ3) is 2.61. The Kier molecular flexibility index (Phi) is 3.08. The maximum Gasteiger partial charge on any atom is 0.254 e. The van der Waals surface area contributed by atoms with Crippen molar-refractivity contribution in [2.75, 3.05) is 19.6 Å². The summed E-state index contributed by atoms with van der Waals surface area (Å²) in [7, 11) is 0. The summed E-state index contributed by atoms with van der Waals surface area (Å²) in [5.41, 5.74) is 0.979. The molecule has 0 saturated carbocycles. The molecule has 2 rings (SSSR count). The second kappa shape index (κ2) is 4.53. The van der Waals surface area contributed by atoms with Crippen LogP contribution in [0.3, 0.4) is 0 Å². The van der Waals surface area contributed by atoms with Crippen LogP contribution in [0.1, 0.15) is 15.9 Å². The zero-order valence-electron chi connectivity index (χ0n) is 9.50. The highest BCUT2D eigenvalue weighted by atomic mass is 19.1. The number of piperazine rings is 1. The first kappa shape index (κ1) is 11.6. The van der Waals surface area contributed by atoms with Gasteiger partial charge in [0.1, 0.15) is 5.82 Å². The van der Waals surface area contributed by atoms with Crippen molar-refractivity contribution in [2.24, 2.45) is 0 Å². The molecule has 0 spiro atoms. The standard InChI is InChI=1S/C12H13FN2O2/c1-8-4-9(6-10(13)5-8)12(17)15-3-2-14-11(16)7-15/h4-6H,2-3,7H2,1H3,(H,14,16). The first-order valence-corrected chi connectivity index (χ1v) is 5.39. The minimum atomic E-state index is -0.435. The molecule has 5 heteroatoms. The molecule has 1 aliphatic rings. The van der Waals surface area contributed by atoms with Crippen LogP contribution >= 0.6 is 0 Å². The van der Waals surface area contributed by atoms with Gasteiger partial charge < -0.3 is 10.2 Å². The zero-order chi connectivity index (χ0) is 12.4. The fourth-order valence-electron chi connectivity index (χ4n) is 1.85. The van der Waals surface area contributed by atoms with Crippen molar-refractivity contribution in [2.45, 2.75) is 6.92 Å². The van der Waals surface area contributed by atoms with Gasteiger partial charge in [0.2, 0.25) is 5.91 Å². The van der Waals surface area contributed by atoms with Crippen molar-refractivity contribution >= 4 is 11.8 Å². The SMILES string of the molecule is Cc1cc(F)cc(C(=O)N2CCNC(=O)C2)c1. The molecule has 17 heavy (non-hydrogen) atoms. The van der Waals surface area contributed by atoms with Gasteiger partial charge >= 0.3 is 0 Å². The summed E-state index contributed by atoms with van der Waals surface area (Å²) in [6.07, 6.45) is 0. The lowest BCUT2D eigenvalue weighted by atomic mass is 10.1. The van der Waals surface area contributed by atoms with Gasteiger partial charge in [-0.3, -0.25) is 9.59 Å². The van der Waals surface area contributed by atoms with E-state index in [-0.39, 0.29) is 23.9 Å². The maximum absolute atomic E-state index is 13.2. The molecule has 90 valence electrons. The Morgan fingerprint density at radius 1 is 1.41 bits per heavy atom. The van der Waals surface area contributed by atoms with Crippen LogP contribution < -0.4 is 5.32 Å². The molecule has 1 N–H and O–H groups in total. The fraction of sp³-hybridized carbons (Fsp3) is 0.333. The lowest BCUT2D eigenvalue weighted by Gasteiger charge is -2.26. The number of carbonyl (C=O) groups is 2. The number of benzene rings is 1. The first-order valence-electron chi connectivity index (χ1n) is 5.39. The van der Waals surface area contributed by atoms with Crippen LogP contribution in [0, 0.1) is 12.7 Å². The zero-order valence-corrected chi connectivity index (χ0v) is 9.50. The van der Waals surface area contributed by atoms with Crippen LogP contribution in [-0.4, -0.2) is 36.3 Å². The summed E-state index contributed by atoms with van der Waals surface area (Å²) in [5, 5.41) is 2.63. The molecule has 1 aliphatic heterocycles. The van der Waals surface area contributed by atoms with E-state index < -0.39 is 5.82 Å². The Labute approximate surface area is 98.4 Å². The molecule has 0 unspecified atom stereocenters. The predicted molar refractivity (Wildman–Crippen MR) is 60.1 cm³/mol. The Hall–Kier alpha value is -1.91. The van der Waals surface area contributed by atoms with Crippen LogP contribution in [0.4, 0.5) is 4.39 Å². The summed E-state index contributed by atoms with van der Waals surface area (Å²) in [4.78, 5) is 24.6. The van der Waals surface area contributed by atoms with Crippen molar-refractivity contribution in [3.63, 3.8) is 0 Å². The van der Waals surface area contributed by atoms with Gasteiger partial charge in [-0.2, -0.15) is 0 Å². The molecule has 1 saturated heterocycles. The van der Waals surface area contributed by atoms with Gasteiger partial charge in [-0.05, 0) is 30.7 Å². The summed E-state index contributed by atoms with van der Waals surface area (Å²) < 4.78 is 13.2. The molecule has 0 aliphatic carbocycles. The van der Waals surface area contributed by atoms with Gasteiger partial charge in [-0.15, -0.1) is 0 Å². The number of carbonyl (C=O) groups excluding carboxylic acids is 2. The van der Waals surface area contributed by atoms with Gasteiger partial charge in [-0.1, -0.05) is 0 Å². The quantitative estimate of drug-likeness (QED) is 0.780. The number of hydrogen-bond donors (Lipinski definition) is 1. The molecular formula is C12H13FN2O2. The van der Waals surface area contributed by atoms with E-state index in [4.69, 9.17) is 0 Å². The first-order chi connectivity index (χ1) is 8.06. The van der Waals surface area contributed by atoms with Crippen LogP contribution in [0.2, 0.25) is 0 Å². The topological polar surface area (TPSA) is 49.4 Å². The summed E-state index contributed by atoms with van der Waals surface area (Å²) in [6, 6.07) is 4.18. The largest absolute Gasteiger partial charge is 0.353 e. The fourth-order valence-corrected chi connectivity index (χ4v) is 1.85. The maximum atomic E-state index is 13.2. The molecule has 0 bridgehead atoms. The summed E-state index contributed by atoms with van der Waals surface area (Å²) in [5.74, 6) is -0.921. The van der Waals surface area contributed by atoms with Crippen LogP contribution in [0.5, 0.6) is 0 Å². The minimum absolute atomic E-state index is 0.0361. The highest BCUT2D eigenvalue weighted by molar-refractivity contribution is 5.97. The van der Waals surface area contributed by atoms with E-state index in [9.17, 15) is 14.0 Å². The molecule has 2 amide bonds. The second-order valence-corrected chi connectivity index (χ2v) is 4.09. The number of rotatable bonds is 1. The summed E-state index contributed by atoms with van der Waals surface area (Å²) >= 11 is 0. The Morgan fingerprint density at radius 3 is 2.82 bits per heavy atom. The molecule has 4 nitrogen and oxygen atoms in total. The van der Waals surface area contributed by atoms with E-state index in [1.165, 1.54) is 17.0 Å². The smallest absolute Gasteiger partial charge is 0.254 e. The van der Waals surface area contributed by atoms with Crippen molar-refractivity contribution < 1.29 is 14.0 Å². The van der Waals surface area contributed by atoms with Crippen molar-refractivity contribution in [1.82, 2.24) is 10.2 Å². The second-order valence-electron chi connectivity index (χ2n) is 4.09. The van der Waals surface area contributed by atoms with Crippen molar-refractivity contribution in [1.29, 1.82) is 0 Å². The Balaban J connectivity index is 2.21. The average Bonchev–Trinajstić information content (AvgIpc) is 2.26. The van der Waals surface area contributed by atoms with E-state index in [2.05, 4.69) is 5.32 Å². The van der Waals surface area contributed by atoms with E-state index in [1.807, 2.05) is 0 Å². The van der Waals surface area contributed by atoms with Crippen LogP contribution in [0.25, 0.3) is 0 Å². The lowest BCUT2D eigenvalue weighted by molar-refractivity contribution is -0.123. The molecule has 1 fully saturated rings. The van der Waals surface area contributed by atoms with Crippen LogP contribution in [-0.2, 0) is 4.79 Å². The van der Waals surface area contributed by atoms with Gasteiger partial charge in [0.15, 0.2) is 0 Å². The van der Waals surface area contributed by atoms with E-state index in [0.717, 1.165) is 0 Å². The molecule has 0 aromatic heterocycles. The molecule has 1 aromatic carbocycles. The Bertz CT molecular complexity index is 453.